The van der Waals surface area contributed by atoms with Gasteiger partial charge in [-0.25, -0.2) is 0 Å². The first-order valence-corrected chi connectivity index (χ1v) is 10.1. The van der Waals surface area contributed by atoms with E-state index >= 15 is 0 Å². The molecule has 0 bridgehead atoms. The van der Waals surface area contributed by atoms with Crippen LogP contribution in [0.25, 0.3) is 5.70 Å². The lowest BCUT2D eigenvalue weighted by Gasteiger charge is -2.27. The number of benzene rings is 3. The fourth-order valence-corrected chi connectivity index (χ4v) is 3.77. The van der Waals surface area contributed by atoms with Crippen LogP contribution in [0.15, 0.2) is 78.9 Å². The van der Waals surface area contributed by atoms with Gasteiger partial charge in [0, 0.05) is 11.1 Å². The van der Waals surface area contributed by atoms with Crippen molar-refractivity contribution < 1.29 is 14.7 Å². The fourth-order valence-electron chi connectivity index (χ4n) is 3.77. The monoisotopic (exact) mass is 408 g/mol. The molecule has 2 N–H and O–H groups in total. The molecule has 0 spiro atoms. The van der Waals surface area contributed by atoms with E-state index in [1.807, 2.05) is 78.9 Å². The van der Waals surface area contributed by atoms with Gasteiger partial charge in [-0.05, 0) is 41.5 Å². The number of hydrogen-bond donors (Lipinski definition) is 2. The molecule has 0 fully saturated rings. The zero-order valence-corrected chi connectivity index (χ0v) is 16.7. The molecule has 5 heteroatoms. The smallest absolute Gasteiger partial charge is 0.259 e. The number of fused-ring (bicyclic) bond motifs is 2. The molecule has 1 amide bonds. The Morgan fingerprint density at radius 1 is 0.935 bits per heavy atom. The average Bonchev–Trinajstić information content (AvgIpc) is 3.29. The fraction of sp³-hybridized carbons (Fsp3) is 0.115. The van der Waals surface area contributed by atoms with E-state index < -0.39 is 0 Å². The minimum atomic E-state index is -0.330. The van der Waals surface area contributed by atoms with Gasteiger partial charge in [-0.2, -0.15) is 0 Å². The third-order valence-corrected chi connectivity index (χ3v) is 5.41. The van der Waals surface area contributed by atoms with E-state index in [-0.39, 0.29) is 18.6 Å². The minimum absolute atomic E-state index is 0.00668. The first-order valence-electron chi connectivity index (χ1n) is 10.1. The summed E-state index contributed by atoms with van der Waals surface area (Å²) in [6.07, 6.45) is 1.64. The van der Waals surface area contributed by atoms with Crippen LogP contribution < -0.4 is 10.4 Å². The molecular formula is C26H20N2O3. The molecule has 1 unspecified atom stereocenters. The number of rotatable bonds is 4. The zero-order valence-electron chi connectivity index (χ0n) is 16.7. The molecule has 2 heterocycles. The maximum atomic E-state index is 13.5. The van der Waals surface area contributed by atoms with Gasteiger partial charge in [0.2, 0.25) is 0 Å². The summed E-state index contributed by atoms with van der Waals surface area (Å²) in [7, 11) is 0. The number of amides is 1. The first kappa shape index (κ1) is 19.1. The molecule has 5 nitrogen and oxygen atoms in total. The van der Waals surface area contributed by atoms with Crippen molar-refractivity contribution in [3.05, 3.63) is 107 Å². The van der Waals surface area contributed by atoms with Crippen LogP contribution >= 0.6 is 0 Å². The number of nitrogens with zero attached hydrogens (tertiary/aromatic N) is 1. The largest absolute Gasteiger partial charge is 0.392 e. The summed E-state index contributed by atoms with van der Waals surface area (Å²) in [6, 6.07) is 22.7. The molecule has 5 rings (SSSR count). The van der Waals surface area contributed by atoms with Crippen molar-refractivity contribution in [3.63, 3.8) is 0 Å². The molecule has 3 aromatic rings. The third kappa shape index (κ3) is 3.71. The minimum Gasteiger partial charge on any atom is -0.392 e. The summed E-state index contributed by atoms with van der Waals surface area (Å²) >= 11 is 0. The molecule has 2 aliphatic rings. The average molecular weight is 408 g/mol. The van der Waals surface area contributed by atoms with Crippen LogP contribution in [-0.4, -0.2) is 23.7 Å². The Bertz CT molecular complexity index is 1240. The van der Waals surface area contributed by atoms with Gasteiger partial charge in [0.25, 0.3) is 5.91 Å². The lowest BCUT2D eigenvalue weighted by Crippen LogP contribution is -2.39. The number of hydrogen-bond acceptors (Lipinski definition) is 4. The number of carbonyl (C=O) groups is 1. The molecule has 0 saturated carbocycles. The topological polar surface area (TPSA) is 61.8 Å². The highest BCUT2D eigenvalue weighted by atomic mass is 16.7. The van der Waals surface area contributed by atoms with Gasteiger partial charge in [-0.15, -0.1) is 0 Å². The van der Waals surface area contributed by atoms with Gasteiger partial charge >= 0.3 is 0 Å². The molecule has 2 aliphatic heterocycles. The molecule has 0 aromatic heterocycles. The van der Waals surface area contributed by atoms with Crippen molar-refractivity contribution in [2.45, 2.75) is 12.7 Å². The predicted octanol–water partition coefficient (Wildman–Crippen LogP) is 3.48. The second-order valence-corrected chi connectivity index (χ2v) is 7.42. The summed E-state index contributed by atoms with van der Waals surface area (Å²) in [5, 5.41) is 9.23. The maximum absolute atomic E-state index is 13.5. The van der Waals surface area contributed by atoms with Gasteiger partial charge in [-0.1, -0.05) is 60.4 Å². The summed E-state index contributed by atoms with van der Waals surface area (Å²) in [4.78, 5) is 21.0. The van der Waals surface area contributed by atoms with Crippen molar-refractivity contribution >= 4 is 17.3 Å². The van der Waals surface area contributed by atoms with Crippen LogP contribution in [0, 0.1) is 11.8 Å². The van der Waals surface area contributed by atoms with E-state index in [0.29, 0.717) is 12.1 Å². The highest BCUT2D eigenvalue weighted by Crippen LogP contribution is 2.27. The Kier molecular flexibility index (Phi) is 5.01. The van der Waals surface area contributed by atoms with Crippen LogP contribution in [0.3, 0.4) is 0 Å². The zero-order chi connectivity index (χ0) is 21.2. The molecular weight excluding hydrogens is 388 g/mol. The standard InChI is InChI=1S/C26H20N2O3/c29-17-18-9-11-20(12-10-18)24-15-22(31-27-24)16-28-25-8-4-2-6-21(25)14-13-19-5-1-3-7-23(19)26(28)30/h1-12,15,22,27,29H,16-17H2. The lowest BCUT2D eigenvalue weighted by molar-refractivity contribution is 0.0540. The molecule has 0 saturated heterocycles. The summed E-state index contributed by atoms with van der Waals surface area (Å²) in [6.45, 7) is 0.351. The van der Waals surface area contributed by atoms with E-state index in [4.69, 9.17) is 4.84 Å². The van der Waals surface area contributed by atoms with E-state index in [2.05, 4.69) is 17.3 Å². The van der Waals surface area contributed by atoms with Crippen molar-refractivity contribution in [2.75, 3.05) is 11.4 Å². The highest BCUT2D eigenvalue weighted by molar-refractivity contribution is 6.09. The summed E-state index contributed by atoms with van der Waals surface area (Å²) < 4.78 is 0. The second-order valence-electron chi connectivity index (χ2n) is 7.42. The van der Waals surface area contributed by atoms with Crippen LogP contribution in [0.2, 0.25) is 0 Å². The molecule has 1 atom stereocenters. The van der Waals surface area contributed by atoms with Gasteiger partial charge < -0.3 is 10.0 Å². The Morgan fingerprint density at radius 2 is 1.65 bits per heavy atom. The van der Waals surface area contributed by atoms with Gasteiger partial charge in [0.1, 0.15) is 6.10 Å². The number of aliphatic hydroxyl groups is 1. The van der Waals surface area contributed by atoms with Gasteiger partial charge in [0.15, 0.2) is 0 Å². The van der Waals surface area contributed by atoms with E-state index in [1.165, 1.54) is 0 Å². The Balaban J connectivity index is 1.48. The maximum Gasteiger partial charge on any atom is 0.259 e. The van der Waals surface area contributed by atoms with Crippen LogP contribution in [0.1, 0.15) is 32.6 Å². The van der Waals surface area contributed by atoms with Crippen molar-refractivity contribution in [3.8, 4) is 11.8 Å². The SMILES string of the molecule is O=C1c2ccccc2C#Cc2ccccc2N1CC1C=C(c2ccc(CO)cc2)NO1. The van der Waals surface area contributed by atoms with E-state index in [1.54, 1.807) is 4.90 Å². The first-order chi connectivity index (χ1) is 15.2. The molecule has 152 valence electrons. The summed E-state index contributed by atoms with van der Waals surface area (Å²) in [5.41, 5.74) is 8.49. The Hall–Kier alpha value is -3.85. The van der Waals surface area contributed by atoms with Gasteiger partial charge in [0.05, 0.1) is 30.1 Å². The molecule has 0 radical (unpaired) electrons. The van der Waals surface area contributed by atoms with Crippen molar-refractivity contribution in [1.82, 2.24) is 5.48 Å². The van der Waals surface area contributed by atoms with E-state index in [9.17, 15) is 9.90 Å². The third-order valence-electron chi connectivity index (χ3n) is 5.41. The quantitative estimate of drug-likeness (QED) is 0.649. The normalized spacial score (nSPS) is 16.8. The van der Waals surface area contributed by atoms with E-state index in [0.717, 1.165) is 33.6 Å². The lowest BCUT2D eigenvalue weighted by atomic mass is 10.0. The molecule has 31 heavy (non-hydrogen) atoms. The number of nitrogens with one attached hydrogen (secondary N) is 1. The van der Waals surface area contributed by atoms with Crippen LogP contribution in [0.5, 0.6) is 0 Å². The van der Waals surface area contributed by atoms with Crippen molar-refractivity contribution in [1.29, 1.82) is 0 Å². The number of aliphatic hydroxyl groups excluding tert-OH is 1. The predicted molar refractivity (Wildman–Crippen MR) is 119 cm³/mol. The second kappa shape index (κ2) is 8.11. The molecule has 3 aromatic carbocycles. The van der Waals surface area contributed by atoms with Crippen molar-refractivity contribution in [2.24, 2.45) is 0 Å². The highest BCUT2D eigenvalue weighted by Gasteiger charge is 2.28. The Labute approximate surface area is 180 Å². The molecule has 0 aliphatic carbocycles. The van der Waals surface area contributed by atoms with Crippen LogP contribution in [-0.2, 0) is 11.4 Å². The Morgan fingerprint density at radius 3 is 2.45 bits per heavy atom. The number of hydroxylamine groups is 1. The number of carbonyl (C=O) groups excluding carboxylic acids is 1. The number of para-hydroxylation sites is 1. The van der Waals surface area contributed by atoms with Gasteiger partial charge in [-0.3, -0.25) is 15.1 Å². The van der Waals surface area contributed by atoms with Crippen LogP contribution in [0.4, 0.5) is 5.69 Å². The summed E-state index contributed by atoms with van der Waals surface area (Å²) in [5.74, 6) is 6.24. The number of anilines is 1.